The summed E-state index contributed by atoms with van der Waals surface area (Å²) in [7, 11) is 0. The van der Waals surface area contributed by atoms with Crippen LogP contribution in [0.2, 0.25) is 5.02 Å². The summed E-state index contributed by atoms with van der Waals surface area (Å²) in [5.41, 5.74) is 9.16. The predicted molar refractivity (Wildman–Crippen MR) is 73.3 cm³/mol. The molecule has 2 rings (SSSR count). The van der Waals surface area contributed by atoms with E-state index in [2.05, 4.69) is 0 Å². The van der Waals surface area contributed by atoms with Gasteiger partial charge in [0.2, 0.25) is 0 Å². The van der Waals surface area contributed by atoms with Crippen molar-refractivity contribution in [2.45, 2.75) is 19.9 Å². The second-order valence-corrected chi connectivity index (χ2v) is 5.05. The topological polar surface area (TPSA) is 26.0 Å². The maximum Gasteiger partial charge on any atom is 0.126 e. The van der Waals surface area contributed by atoms with E-state index in [4.69, 9.17) is 17.3 Å². The third kappa shape index (κ3) is 2.94. The molecular formula is C15H14ClF2N. The first-order chi connectivity index (χ1) is 8.88. The van der Waals surface area contributed by atoms with Gasteiger partial charge in [-0.25, -0.2) is 8.78 Å². The number of aryl methyl sites for hydroxylation is 2. The molecule has 1 nitrogen and oxygen atoms in total. The molecule has 0 spiro atoms. The lowest BCUT2D eigenvalue weighted by Gasteiger charge is -2.16. The highest BCUT2D eigenvalue weighted by Crippen LogP contribution is 2.29. The van der Waals surface area contributed by atoms with E-state index in [1.54, 1.807) is 0 Å². The molecule has 0 saturated carbocycles. The first-order valence-electron chi connectivity index (χ1n) is 5.86. The number of halogens is 3. The highest BCUT2D eigenvalue weighted by molar-refractivity contribution is 6.31. The zero-order chi connectivity index (χ0) is 14.2. The van der Waals surface area contributed by atoms with Crippen LogP contribution < -0.4 is 5.73 Å². The first-order valence-corrected chi connectivity index (χ1v) is 6.24. The Kier molecular flexibility index (Phi) is 3.88. The van der Waals surface area contributed by atoms with Crippen LogP contribution in [0.4, 0.5) is 8.78 Å². The van der Waals surface area contributed by atoms with Crippen LogP contribution >= 0.6 is 11.6 Å². The van der Waals surface area contributed by atoms with Crippen LogP contribution in [0, 0.1) is 25.5 Å². The van der Waals surface area contributed by atoms with Crippen molar-refractivity contribution >= 4 is 11.6 Å². The zero-order valence-electron chi connectivity index (χ0n) is 10.7. The fraction of sp³-hybridized carbons (Fsp3) is 0.200. The van der Waals surface area contributed by atoms with Crippen LogP contribution in [0.3, 0.4) is 0 Å². The molecule has 0 aliphatic carbocycles. The van der Waals surface area contributed by atoms with E-state index >= 15 is 0 Å². The summed E-state index contributed by atoms with van der Waals surface area (Å²) >= 11 is 6.16. The quantitative estimate of drug-likeness (QED) is 0.873. The Morgan fingerprint density at radius 1 is 0.947 bits per heavy atom. The van der Waals surface area contributed by atoms with Crippen LogP contribution in [0.1, 0.15) is 28.3 Å². The third-order valence-electron chi connectivity index (χ3n) is 3.19. The average Bonchev–Trinajstić information content (AvgIpc) is 2.31. The molecule has 0 aromatic heterocycles. The second kappa shape index (κ2) is 5.27. The maximum absolute atomic E-state index is 13.2. The van der Waals surface area contributed by atoms with Crippen LogP contribution in [0.5, 0.6) is 0 Å². The summed E-state index contributed by atoms with van der Waals surface area (Å²) in [6.07, 6.45) is 0. The van der Waals surface area contributed by atoms with Gasteiger partial charge in [0.05, 0.1) is 6.04 Å². The van der Waals surface area contributed by atoms with E-state index in [9.17, 15) is 8.78 Å². The normalized spacial score (nSPS) is 12.5. The number of benzene rings is 2. The molecule has 1 unspecified atom stereocenters. The van der Waals surface area contributed by atoms with Crippen molar-refractivity contribution in [1.82, 2.24) is 0 Å². The summed E-state index contributed by atoms with van der Waals surface area (Å²) in [4.78, 5) is 0. The Morgan fingerprint density at radius 2 is 1.47 bits per heavy atom. The molecule has 0 radical (unpaired) electrons. The van der Waals surface area contributed by atoms with Gasteiger partial charge >= 0.3 is 0 Å². The zero-order valence-corrected chi connectivity index (χ0v) is 11.4. The number of nitrogens with two attached hydrogens (primary N) is 1. The van der Waals surface area contributed by atoms with Gasteiger partial charge in [0.25, 0.3) is 0 Å². The average molecular weight is 282 g/mol. The molecular weight excluding hydrogens is 268 g/mol. The lowest BCUT2D eigenvalue weighted by atomic mass is 9.96. The molecule has 19 heavy (non-hydrogen) atoms. The predicted octanol–water partition coefficient (Wildman–Crippen LogP) is 4.28. The first kappa shape index (κ1) is 14.0. The van der Waals surface area contributed by atoms with Crippen molar-refractivity contribution in [3.05, 3.63) is 69.2 Å². The minimum atomic E-state index is -0.656. The molecule has 4 heteroatoms. The SMILES string of the molecule is Cc1cc(Cl)c(C(N)c2cc(F)cc(F)c2)cc1C. The molecule has 2 N–H and O–H groups in total. The Hall–Kier alpha value is -1.45. The van der Waals surface area contributed by atoms with Crippen molar-refractivity contribution in [1.29, 1.82) is 0 Å². The van der Waals surface area contributed by atoms with E-state index in [1.807, 2.05) is 26.0 Å². The van der Waals surface area contributed by atoms with Crippen molar-refractivity contribution < 1.29 is 8.78 Å². The highest BCUT2D eigenvalue weighted by atomic mass is 35.5. The second-order valence-electron chi connectivity index (χ2n) is 4.64. The standard InChI is InChI=1S/C15H14ClF2N/c1-8-3-13(14(16)4-9(8)2)15(19)10-5-11(17)7-12(18)6-10/h3-7,15H,19H2,1-2H3. The van der Waals surface area contributed by atoms with E-state index in [0.29, 0.717) is 16.1 Å². The molecule has 0 amide bonds. The smallest absolute Gasteiger partial charge is 0.126 e. The van der Waals surface area contributed by atoms with Crippen molar-refractivity contribution in [3.8, 4) is 0 Å². The van der Waals surface area contributed by atoms with Crippen LogP contribution in [-0.4, -0.2) is 0 Å². The molecule has 2 aromatic rings. The van der Waals surface area contributed by atoms with E-state index in [0.717, 1.165) is 17.2 Å². The van der Waals surface area contributed by atoms with Crippen LogP contribution in [-0.2, 0) is 0 Å². The lowest BCUT2D eigenvalue weighted by Crippen LogP contribution is -2.13. The molecule has 0 aliphatic heterocycles. The molecule has 100 valence electrons. The molecule has 2 aromatic carbocycles. The number of rotatable bonds is 2. The number of hydrogen-bond donors (Lipinski definition) is 1. The Morgan fingerprint density at radius 3 is 2.05 bits per heavy atom. The van der Waals surface area contributed by atoms with Gasteiger partial charge in [-0.3, -0.25) is 0 Å². The fourth-order valence-corrected chi connectivity index (χ4v) is 2.31. The van der Waals surface area contributed by atoms with E-state index < -0.39 is 17.7 Å². The van der Waals surface area contributed by atoms with Gasteiger partial charge in [-0.05, 0) is 54.3 Å². The molecule has 0 fully saturated rings. The molecule has 0 aliphatic rings. The van der Waals surface area contributed by atoms with E-state index in [1.165, 1.54) is 12.1 Å². The molecule has 0 heterocycles. The van der Waals surface area contributed by atoms with Crippen molar-refractivity contribution in [2.75, 3.05) is 0 Å². The van der Waals surface area contributed by atoms with Gasteiger partial charge in [-0.1, -0.05) is 17.7 Å². The van der Waals surface area contributed by atoms with E-state index in [-0.39, 0.29) is 0 Å². The Labute approximate surface area is 116 Å². The van der Waals surface area contributed by atoms with Gasteiger partial charge in [-0.15, -0.1) is 0 Å². The summed E-state index contributed by atoms with van der Waals surface area (Å²) in [5.74, 6) is -1.30. The Bertz CT molecular complexity index is 606. The Balaban J connectivity index is 2.49. The van der Waals surface area contributed by atoms with Crippen molar-refractivity contribution in [3.63, 3.8) is 0 Å². The summed E-state index contributed by atoms with van der Waals surface area (Å²) < 4.78 is 26.4. The molecule has 0 saturated heterocycles. The van der Waals surface area contributed by atoms with Gasteiger partial charge in [-0.2, -0.15) is 0 Å². The summed E-state index contributed by atoms with van der Waals surface area (Å²) in [6.45, 7) is 3.88. The van der Waals surface area contributed by atoms with Gasteiger partial charge < -0.3 is 5.73 Å². The minimum Gasteiger partial charge on any atom is -0.320 e. The number of hydrogen-bond acceptors (Lipinski definition) is 1. The van der Waals surface area contributed by atoms with Crippen LogP contribution in [0.15, 0.2) is 30.3 Å². The largest absolute Gasteiger partial charge is 0.320 e. The molecule has 0 bridgehead atoms. The van der Waals surface area contributed by atoms with Gasteiger partial charge in [0.15, 0.2) is 0 Å². The highest BCUT2D eigenvalue weighted by Gasteiger charge is 2.15. The monoisotopic (exact) mass is 281 g/mol. The lowest BCUT2D eigenvalue weighted by molar-refractivity contribution is 0.577. The summed E-state index contributed by atoms with van der Waals surface area (Å²) in [5, 5.41) is 0.500. The maximum atomic E-state index is 13.2. The fourth-order valence-electron chi connectivity index (χ4n) is 1.98. The van der Waals surface area contributed by atoms with Crippen molar-refractivity contribution in [2.24, 2.45) is 5.73 Å². The third-order valence-corrected chi connectivity index (χ3v) is 3.52. The minimum absolute atomic E-state index is 0.364. The van der Waals surface area contributed by atoms with Gasteiger partial charge in [0.1, 0.15) is 11.6 Å². The van der Waals surface area contributed by atoms with Gasteiger partial charge in [0, 0.05) is 11.1 Å². The molecule has 1 atom stereocenters. The summed E-state index contributed by atoms with van der Waals surface area (Å²) in [6, 6.07) is 6.26. The van der Waals surface area contributed by atoms with Crippen LogP contribution in [0.25, 0.3) is 0 Å².